The summed E-state index contributed by atoms with van der Waals surface area (Å²) in [6, 6.07) is 16.7. The highest BCUT2D eigenvalue weighted by atomic mass is 127. The standard InChI is InChI=1S/C18H16IN3O2/c1-13-7-9-15(10-8-13)21-18(24)17(22-19)16(23)11-12-20-14-5-3-2-4-6-14/h2-12,20H,1H3,(H,21,24)/b12-11-,22-17+. The number of anilines is 2. The number of amides is 1. The van der Waals surface area contributed by atoms with Crippen molar-refractivity contribution in [2.45, 2.75) is 6.92 Å². The summed E-state index contributed by atoms with van der Waals surface area (Å²) in [6.45, 7) is 1.96. The Morgan fingerprint density at radius 2 is 1.67 bits per heavy atom. The van der Waals surface area contributed by atoms with Gasteiger partial charge in [0.25, 0.3) is 5.91 Å². The summed E-state index contributed by atoms with van der Waals surface area (Å²) >= 11 is 1.64. The number of carbonyl (C=O) groups excluding carboxylic acids is 2. The fraction of sp³-hybridized carbons (Fsp3) is 0.0556. The van der Waals surface area contributed by atoms with E-state index in [1.165, 1.54) is 12.3 Å². The molecule has 0 heterocycles. The lowest BCUT2D eigenvalue weighted by atomic mass is 10.2. The molecule has 0 spiro atoms. The minimum Gasteiger partial charge on any atom is -0.362 e. The number of hydrogen-bond acceptors (Lipinski definition) is 4. The average Bonchev–Trinajstić information content (AvgIpc) is 2.58. The van der Waals surface area contributed by atoms with Crippen molar-refractivity contribution >= 4 is 51.6 Å². The molecular formula is C18H16IN3O2. The van der Waals surface area contributed by atoms with Crippen LogP contribution < -0.4 is 10.6 Å². The van der Waals surface area contributed by atoms with Crippen LogP contribution in [0.5, 0.6) is 0 Å². The molecular weight excluding hydrogens is 417 g/mol. The van der Waals surface area contributed by atoms with E-state index in [4.69, 9.17) is 0 Å². The van der Waals surface area contributed by atoms with Crippen molar-refractivity contribution in [1.82, 2.24) is 0 Å². The van der Waals surface area contributed by atoms with Crippen LogP contribution in [0.1, 0.15) is 5.56 Å². The van der Waals surface area contributed by atoms with Gasteiger partial charge in [0.1, 0.15) is 0 Å². The third-order valence-corrected chi connectivity index (χ3v) is 3.58. The number of halogens is 1. The zero-order valence-electron chi connectivity index (χ0n) is 13.0. The number of benzene rings is 2. The minimum atomic E-state index is -0.539. The zero-order valence-corrected chi connectivity index (χ0v) is 15.2. The monoisotopic (exact) mass is 433 g/mol. The van der Waals surface area contributed by atoms with Gasteiger partial charge in [-0.2, -0.15) is 0 Å². The number of nitrogens with zero attached hydrogens (tertiary/aromatic N) is 1. The maximum Gasteiger partial charge on any atom is 0.278 e. The summed E-state index contributed by atoms with van der Waals surface area (Å²) < 4.78 is 3.77. The molecule has 0 saturated carbocycles. The lowest BCUT2D eigenvalue weighted by molar-refractivity contribution is -0.113. The summed E-state index contributed by atoms with van der Waals surface area (Å²) in [5.41, 5.74) is 2.38. The largest absolute Gasteiger partial charge is 0.362 e. The normalized spacial score (nSPS) is 11.3. The van der Waals surface area contributed by atoms with Crippen LogP contribution in [-0.2, 0) is 9.59 Å². The van der Waals surface area contributed by atoms with Gasteiger partial charge in [-0.05, 0) is 31.2 Å². The number of allylic oxidation sites excluding steroid dienone is 1. The van der Waals surface area contributed by atoms with E-state index >= 15 is 0 Å². The average molecular weight is 433 g/mol. The molecule has 2 rings (SSSR count). The first-order valence-corrected chi connectivity index (χ1v) is 8.16. The molecule has 0 aliphatic heterocycles. The number of hydrogen-bond donors (Lipinski definition) is 2. The Morgan fingerprint density at radius 1 is 1.00 bits per heavy atom. The smallest absolute Gasteiger partial charge is 0.278 e. The first kappa shape index (κ1) is 17.9. The first-order chi connectivity index (χ1) is 11.6. The SMILES string of the molecule is Cc1ccc(NC(=O)/C(=N/I)C(=O)/C=C\Nc2ccccc2)cc1. The minimum absolute atomic E-state index is 0.165. The quantitative estimate of drug-likeness (QED) is 0.314. The van der Waals surface area contributed by atoms with E-state index in [-0.39, 0.29) is 5.71 Å². The van der Waals surface area contributed by atoms with Gasteiger partial charge < -0.3 is 10.6 Å². The van der Waals surface area contributed by atoms with E-state index in [9.17, 15) is 9.59 Å². The Labute approximate surface area is 154 Å². The molecule has 0 aliphatic rings. The Bertz CT molecular complexity index is 769. The Hall–Kier alpha value is -2.48. The van der Waals surface area contributed by atoms with Crippen LogP contribution >= 0.6 is 22.9 Å². The van der Waals surface area contributed by atoms with Crippen molar-refractivity contribution in [2.24, 2.45) is 3.21 Å². The van der Waals surface area contributed by atoms with Crippen LogP contribution in [-0.4, -0.2) is 17.4 Å². The van der Waals surface area contributed by atoms with Crippen LogP contribution in [0.15, 0.2) is 70.1 Å². The maximum atomic E-state index is 12.2. The topological polar surface area (TPSA) is 70.6 Å². The van der Waals surface area contributed by atoms with E-state index < -0.39 is 11.7 Å². The highest BCUT2D eigenvalue weighted by Crippen LogP contribution is 2.09. The van der Waals surface area contributed by atoms with Gasteiger partial charge in [0.05, 0.1) is 22.9 Å². The van der Waals surface area contributed by atoms with E-state index in [0.29, 0.717) is 5.69 Å². The number of aryl methyl sites for hydroxylation is 1. The second kappa shape index (κ2) is 8.97. The fourth-order valence-electron chi connectivity index (χ4n) is 1.85. The number of rotatable bonds is 6. The number of carbonyl (C=O) groups is 2. The van der Waals surface area contributed by atoms with Gasteiger partial charge in [0.2, 0.25) is 5.78 Å². The second-order valence-electron chi connectivity index (χ2n) is 4.96. The summed E-state index contributed by atoms with van der Waals surface area (Å²) in [7, 11) is 0. The molecule has 0 unspecified atom stereocenters. The summed E-state index contributed by atoms with van der Waals surface area (Å²) in [5.74, 6) is -1.01. The third-order valence-electron chi connectivity index (χ3n) is 3.10. The molecule has 24 heavy (non-hydrogen) atoms. The molecule has 0 fully saturated rings. The Morgan fingerprint density at radius 3 is 2.29 bits per heavy atom. The molecule has 2 aromatic carbocycles. The van der Waals surface area contributed by atoms with Gasteiger partial charge in [-0.25, -0.2) is 3.21 Å². The molecule has 2 N–H and O–H groups in total. The summed E-state index contributed by atoms with van der Waals surface area (Å²) in [6.07, 6.45) is 2.76. The highest BCUT2D eigenvalue weighted by molar-refractivity contribution is 14.1. The molecule has 0 saturated heterocycles. The fourth-order valence-corrected chi connectivity index (χ4v) is 2.30. The van der Waals surface area contributed by atoms with Crippen molar-refractivity contribution in [3.05, 3.63) is 72.4 Å². The van der Waals surface area contributed by atoms with Crippen LogP contribution in [0.2, 0.25) is 0 Å². The van der Waals surface area contributed by atoms with Gasteiger partial charge in [0, 0.05) is 23.7 Å². The molecule has 122 valence electrons. The third kappa shape index (κ3) is 5.31. The lowest BCUT2D eigenvalue weighted by Crippen LogP contribution is -2.28. The predicted molar refractivity (Wildman–Crippen MR) is 105 cm³/mol. The molecule has 0 aliphatic carbocycles. The van der Waals surface area contributed by atoms with Crippen LogP contribution in [0.25, 0.3) is 0 Å². The lowest BCUT2D eigenvalue weighted by Gasteiger charge is -2.05. The molecule has 6 heteroatoms. The van der Waals surface area contributed by atoms with Crippen molar-refractivity contribution in [3.8, 4) is 0 Å². The van der Waals surface area contributed by atoms with Crippen molar-refractivity contribution in [2.75, 3.05) is 10.6 Å². The number of para-hydroxylation sites is 1. The molecule has 0 radical (unpaired) electrons. The molecule has 0 aromatic heterocycles. The first-order valence-electron chi connectivity index (χ1n) is 7.19. The van der Waals surface area contributed by atoms with E-state index in [2.05, 4.69) is 13.8 Å². The van der Waals surface area contributed by atoms with Gasteiger partial charge in [-0.1, -0.05) is 35.9 Å². The maximum absolute atomic E-state index is 12.2. The van der Waals surface area contributed by atoms with Crippen LogP contribution in [0.4, 0.5) is 11.4 Å². The molecule has 0 bridgehead atoms. The number of nitrogens with one attached hydrogen (secondary N) is 2. The van der Waals surface area contributed by atoms with Crippen molar-refractivity contribution < 1.29 is 9.59 Å². The Balaban J connectivity index is 1.97. The molecule has 5 nitrogen and oxygen atoms in total. The van der Waals surface area contributed by atoms with Crippen molar-refractivity contribution in [1.29, 1.82) is 0 Å². The summed E-state index contributed by atoms with van der Waals surface area (Å²) in [4.78, 5) is 24.3. The Kier molecular flexibility index (Phi) is 6.68. The van der Waals surface area contributed by atoms with Gasteiger partial charge in [-0.3, -0.25) is 9.59 Å². The molecule has 2 aromatic rings. The van der Waals surface area contributed by atoms with Gasteiger partial charge in [0.15, 0.2) is 5.71 Å². The van der Waals surface area contributed by atoms with E-state index in [1.807, 2.05) is 49.4 Å². The highest BCUT2D eigenvalue weighted by Gasteiger charge is 2.18. The van der Waals surface area contributed by atoms with Gasteiger partial charge in [-0.15, -0.1) is 0 Å². The molecule has 1 amide bonds. The number of ketones is 1. The molecule has 0 atom stereocenters. The summed E-state index contributed by atoms with van der Waals surface area (Å²) in [5, 5.41) is 5.62. The van der Waals surface area contributed by atoms with E-state index in [1.54, 1.807) is 35.0 Å². The predicted octanol–water partition coefficient (Wildman–Crippen LogP) is 3.92. The van der Waals surface area contributed by atoms with Crippen molar-refractivity contribution in [3.63, 3.8) is 0 Å². The van der Waals surface area contributed by atoms with E-state index in [0.717, 1.165) is 11.3 Å². The van der Waals surface area contributed by atoms with Crippen LogP contribution in [0.3, 0.4) is 0 Å². The zero-order chi connectivity index (χ0) is 17.4. The second-order valence-corrected chi connectivity index (χ2v) is 5.44. The van der Waals surface area contributed by atoms with Crippen LogP contribution in [0, 0.1) is 6.92 Å². The van der Waals surface area contributed by atoms with Gasteiger partial charge >= 0.3 is 0 Å².